The van der Waals surface area contributed by atoms with Crippen molar-refractivity contribution in [3.8, 4) is 5.75 Å². The molecule has 0 aromatic heterocycles. The Morgan fingerprint density at radius 3 is 2.42 bits per heavy atom. The molecule has 0 spiro atoms. The fraction of sp³-hybridized carbons (Fsp3) is 0.538. The second kappa shape index (κ2) is 6.77. The highest BCUT2D eigenvalue weighted by molar-refractivity contribution is 5.35. The summed E-state index contributed by atoms with van der Waals surface area (Å²) in [6, 6.07) is 4.74. The molecule has 0 amide bonds. The van der Waals surface area contributed by atoms with E-state index in [9.17, 15) is 13.2 Å². The minimum Gasteiger partial charge on any atom is -0.491 e. The number of alkyl halides is 3. The number of nitrogens with one attached hydrogen (secondary N) is 1. The lowest BCUT2D eigenvalue weighted by Crippen LogP contribution is -2.41. The molecule has 2 N–H and O–H groups in total. The molecule has 1 aromatic rings. The SMILES string of the molecule is CC(C)NC(CO)COc1ccccc1C(F)(F)F. The first-order chi connectivity index (χ1) is 8.84. The van der Waals surface area contributed by atoms with Crippen LogP contribution in [-0.2, 0) is 6.18 Å². The Morgan fingerprint density at radius 1 is 1.26 bits per heavy atom. The molecular weight excluding hydrogens is 259 g/mol. The molecule has 3 nitrogen and oxygen atoms in total. The summed E-state index contributed by atoms with van der Waals surface area (Å²) in [5.74, 6) is -0.223. The van der Waals surface area contributed by atoms with Crippen LogP contribution >= 0.6 is 0 Å². The number of rotatable bonds is 6. The van der Waals surface area contributed by atoms with Gasteiger partial charge in [-0.25, -0.2) is 0 Å². The molecule has 0 aliphatic carbocycles. The Kier molecular flexibility index (Phi) is 5.62. The smallest absolute Gasteiger partial charge is 0.419 e. The predicted octanol–water partition coefficient (Wildman–Crippen LogP) is 2.44. The van der Waals surface area contributed by atoms with Gasteiger partial charge in [-0.15, -0.1) is 0 Å². The van der Waals surface area contributed by atoms with Crippen LogP contribution in [0.1, 0.15) is 19.4 Å². The van der Waals surface area contributed by atoms with Gasteiger partial charge in [-0.3, -0.25) is 0 Å². The van der Waals surface area contributed by atoms with Gasteiger partial charge in [0.15, 0.2) is 0 Å². The van der Waals surface area contributed by atoms with E-state index in [0.29, 0.717) is 0 Å². The normalized spacial score (nSPS) is 13.6. The van der Waals surface area contributed by atoms with Crippen LogP contribution in [0.3, 0.4) is 0 Å². The van der Waals surface area contributed by atoms with E-state index in [2.05, 4.69) is 5.32 Å². The van der Waals surface area contributed by atoms with Gasteiger partial charge in [0.05, 0.1) is 18.2 Å². The Morgan fingerprint density at radius 2 is 1.89 bits per heavy atom. The van der Waals surface area contributed by atoms with E-state index in [1.54, 1.807) is 0 Å². The molecule has 19 heavy (non-hydrogen) atoms. The van der Waals surface area contributed by atoms with Crippen LogP contribution in [0, 0.1) is 0 Å². The number of hydrogen-bond acceptors (Lipinski definition) is 3. The highest BCUT2D eigenvalue weighted by Crippen LogP contribution is 2.35. The third-order valence-electron chi connectivity index (χ3n) is 2.42. The zero-order valence-corrected chi connectivity index (χ0v) is 10.9. The van der Waals surface area contributed by atoms with Crippen LogP contribution in [0.25, 0.3) is 0 Å². The van der Waals surface area contributed by atoms with Crippen molar-refractivity contribution < 1.29 is 23.0 Å². The summed E-state index contributed by atoms with van der Waals surface area (Å²) in [5, 5.41) is 12.1. The largest absolute Gasteiger partial charge is 0.491 e. The van der Waals surface area contributed by atoms with Crippen LogP contribution in [0.4, 0.5) is 13.2 Å². The number of aliphatic hydroxyl groups excluding tert-OH is 1. The van der Waals surface area contributed by atoms with Crippen LogP contribution in [0.15, 0.2) is 24.3 Å². The molecule has 108 valence electrons. The molecule has 0 saturated heterocycles. The summed E-state index contributed by atoms with van der Waals surface area (Å²) in [6.45, 7) is 3.53. The van der Waals surface area contributed by atoms with Gasteiger partial charge in [-0.1, -0.05) is 26.0 Å². The van der Waals surface area contributed by atoms with E-state index < -0.39 is 17.8 Å². The highest BCUT2D eigenvalue weighted by atomic mass is 19.4. The fourth-order valence-electron chi connectivity index (χ4n) is 1.64. The molecule has 0 aliphatic heterocycles. The van der Waals surface area contributed by atoms with Gasteiger partial charge in [0, 0.05) is 6.04 Å². The molecule has 6 heteroatoms. The van der Waals surface area contributed by atoms with Gasteiger partial charge in [0.1, 0.15) is 12.4 Å². The summed E-state index contributed by atoms with van der Waals surface area (Å²) in [6.07, 6.45) is -4.45. The van der Waals surface area contributed by atoms with Gasteiger partial charge in [0.25, 0.3) is 0 Å². The molecule has 1 aromatic carbocycles. The lowest BCUT2D eigenvalue weighted by atomic mass is 10.2. The Bertz CT molecular complexity index is 394. The van der Waals surface area contributed by atoms with Crippen molar-refractivity contribution in [1.82, 2.24) is 5.32 Å². The number of para-hydroxylation sites is 1. The van der Waals surface area contributed by atoms with Crippen molar-refractivity contribution >= 4 is 0 Å². The maximum absolute atomic E-state index is 12.7. The maximum atomic E-state index is 12.7. The number of hydrogen-bond donors (Lipinski definition) is 2. The molecular formula is C13H18F3NO2. The third-order valence-corrected chi connectivity index (χ3v) is 2.42. The average Bonchev–Trinajstić information content (AvgIpc) is 2.33. The standard InChI is InChI=1S/C13H18F3NO2/c1-9(2)17-10(7-18)8-19-12-6-4-3-5-11(12)13(14,15)16/h3-6,9-10,17-18H,7-8H2,1-2H3. The molecule has 0 saturated carbocycles. The first-order valence-electron chi connectivity index (χ1n) is 6.00. The number of ether oxygens (including phenoxy) is 1. The molecule has 0 aliphatic rings. The van der Waals surface area contributed by atoms with Gasteiger partial charge in [-0.05, 0) is 12.1 Å². The number of benzene rings is 1. The van der Waals surface area contributed by atoms with Crippen molar-refractivity contribution in [2.45, 2.75) is 32.1 Å². The van der Waals surface area contributed by atoms with E-state index in [4.69, 9.17) is 9.84 Å². The van der Waals surface area contributed by atoms with E-state index >= 15 is 0 Å². The Labute approximate surface area is 110 Å². The number of aliphatic hydroxyl groups is 1. The van der Waals surface area contributed by atoms with Gasteiger partial charge in [-0.2, -0.15) is 13.2 Å². The molecule has 0 heterocycles. The lowest BCUT2D eigenvalue weighted by Gasteiger charge is -2.21. The first kappa shape index (κ1) is 15.8. The molecule has 0 fully saturated rings. The molecule has 0 bridgehead atoms. The Hall–Kier alpha value is -1.27. The topological polar surface area (TPSA) is 41.5 Å². The maximum Gasteiger partial charge on any atom is 0.419 e. The summed E-state index contributed by atoms with van der Waals surface area (Å²) in [5.41, 5.74) is -0.809. The second-order valence-corrected chi connectivity index (χ2v) is 4.51. The second-order valence-electron chi connectivity index (χ2n) is 4.51. The van der Waals surface area contributed by atoms with Gasteiger partial charge in [0.2, 0.25) is 0 Å². The van der Waals surface area contributed by atoms with Gasteiger partial charge < -0.3 is 15.2 Å². The molecule has 1 atom stereocenters. The van der Waals surface area contributed by atoms with Crippen molar-refractivity contribution in [3.63, 3.8) is 0 Å². The summed E-state index contributed by atoms with van der Waals surface area (Å²) < 4.78 is 43.3. The van der Waals surface area contributed by atoms with E-state index in [0.717, 1.165) is 6.07 Å². The average molecular weight is 277 g/mol. The van der Waals surface area contributed by atoms with Crippen molar-refractivity contribution in [2.75, 3.05) is 13.2 Å². The van der Waals surface area contributed by atoms with E-state index in [1.807, 2.05) is 13.8 Å². The highest BCUT2D eigenvalue weighted by Gasteiger charge is 2.34. The molecule has 0 radical (unpaired) electrons. The quantitative estimate of drug-likeness (QED) is 0.839. The van der Waals surface area contributed by atoms with Gasteiger partial charge >= 0.3 is 6.18 Å². The zero-order valence-electron chi connectivity index (χ0n) is 10.9. The Balaban J connectivity index is 2.72. The van der Waals surface area contributed by atoms with Crippen LogP contribution in [0.5, 0.6) is 5.75 Å². The van der Waals surface area contributed by atoms with Crippen molar-refractivity contribution in [1.29, 1.82) is 0 Å². The van der Waals surface area contributed by atoms with Crippen LogP contribution in [-0.4, -0.2) is 30.4 Å². The third kappa shape index (κ3) is 5.08. The summed E-state index contributed by atoms with van der Waals surface area (Å²) >= 11 is 0. The van der Waals surface area contributed by atoms with Crippen LogP contribution < -0.4 is 10.1 Å². The monoisotopic (exact) mass is 277 g/mol. The lowest BCUT2D eigenvalue weighted by molar-refractivity contribution is -0.139. The summed E-state index contributed by atoms with van der Waals surface area (Å²) in [4.78, 5) is 0. The molecule has 1 rings (SSSR count). The van der Waals surface area contributed by atoms with Crippen molar-refractivity contribution in [2.24, 2.45) is 0 Å². The van der Waals surface area contributed by atoms with Crippen molar-refractivity contribution in [3.05, 3.63) is 29.8 Å². The summed E-state index contributed by atoms with van der Waals surface area (Å²) in [7, 11) is 0. The van der Waals surface area contributed by atoms with Crippen LogP contribution in [0.2, 0.25) is 0 Å². The number of halogens is 3. The first-order valence-corrected chi connectivity index (χ1v) is 6.00. The predicted molar refractivity (Wildman–Crippen MR) is 66.1 cm³/mol. The minimum absolute atomic E-state index is 0.0260. The van der Waals surface area contributed by atoms with E-state index in [-0.39, 0.29) is 25.0 Å². The van der Waals surface area contributed by atoms with E-state index in [1.165, 1.54) is 18.2 Å². The zero-order chi connectivity index (χ0) is 14.5. The molecule has 1 unspecified atom stereocenters. The fourth-order valence-corrected chi connectivity index (χ4v) is 1.64. The minimum atomic E-state index is -4.45.